The van der Waals surface area contributed by atoms with Gasteiger partial charge in [0.05, 0.1) is 12.8 Å². The number of aromatic nitrogens is 3. The van der Waals surface area contributed by atoms with Gasteiger partial charge in [0.15, 0.2) is 11.4 Å². The second-order valence-corrected chi connectivity index (χ2v) is 7.21. The summed E-state index contributed by atoms with van der Waals surface area (Å²) < 4.78 is 6.85. The molecule has 4 aromatic rings. The van der Waals surface area contributed by atoms with E-state index in [1.165, 1.54) is 6.92 Å². The Kier molecular flexibility index (Phi) is 5.49. The highest BCUT2D eigenvalue weighted by atomic mass is 16.5. The molecule has 1 amide bonds. The van der Waals surface area contributed by atoms with E-state index in [0.717, 1.165) is 28.0 Å². The topological polar surface area (TPSA) is 86.1 Å². The molecule has 2 aromatic carbocycles. The van der Waals surface area contributed by atoms with E-state index in [9.17, 15) is 9.59 Å². The molecule has 0 saturated heterocycles. The molecule has 2 heterocycles. The normalized spacial score (nSPS) is 10.8. The number of carbonyl (C=O) groups excluding carboxylic acids is 2. The predicted molar refractivity (Wildman–Crippen MR) is 119 cm³/mol. The molecule has 0 unspecified atom stereocenters. The molecule has 0 bridgehead atoms. The Morgan fingerprint density at radius 3 is 2.39 bits per heavy atom. The van der Waals surface area contributed by atoms with Crippen LogP contribution in [-0.2, 0) is 11.3 Å². The molecule has 156 valence electrons. The van der Waals surface area contributed by atoms with Gasteiger partial charge in [-0.25, -0.2) is 9.67 Å². The SMILES string of the molecule is COc1ccc(-c2ccnc3c2c(C)nn3CC(=O)Nc2ccc(C(C)=O)cc2)cc1. The third-order valence-corrected chi connectivity index (χ3v) is 5.08. The number of fused-ring (bicyclic) bond motifs is 1. The van der Waals surface area contributed by atoms with Gasteiger partial charge < -0.3 is 10.1 Å². The number of Topliss-reactive ketones (excluding diaryl/α,β-unsaturated/α-hetero) is 1. The molecule has 4 rings (SSSR count). The number of benzene rings is 2. The molecule has 31 heavy (non-hydrogen) atoms. The van der Waals surface area contributed by atoms with Crippen LogP contribution in [0.4, 0.5) is 5.69 Å². The van der Waals surface area contributed by atoms with Gasteiger partial charge in [0, 0.05) is 22.8 Å². The fourth-order valence-electron chi connectivity index (χ4n) is 3.53. The lowest BCUT2D eigenvalue weighted by molar-refractivity contribution is -0.116. The van der Waals surface area contributed by atoms with Gasteiger partial charge in [0.2, 0.25) is 5.91 Å². The van der Waals surface area contributed by atoms with Crippen LogP contribution < -0.4 is 10.1 Å². The number of carbonyl (C=O) groups is 2. The summed E-state index contributed by atoms with van der Waals surface area (Å²) in [5.41, 5.74) is 4.68. The van der Waals surface area contributed by atoms with E-state index in [1.54, 1.807) is 42.3 Å². The summed E-state index contributed by atoms with van der Waals surface area (Å²) in [6, 6.07) is 16.5. The molecule has 0 aliphatic rings. The van der Waals surface area contributed by atoms with Crippen molar-refractivity contribution < 1.29 is 14.3 Å². The first kappa shape index (κ1) is 20.3. The molecule has 0 fully saturated rings. The fourth-order valence-corrected chi connectivity index (χ4v) is 3.53. The lowest BCUT2D eigenvalue weighted by atomic mass is 10.0. The van der Waals surface area contributed by atoms with Crippen LogP contribution in [0.15, 0.2) is 60.8 Å². The first-order valence-corrected chi connectivity index (χ1v) is 9.83. The Morgan fingerprint density at radius 2 is 1.74 bits per heavy atom. The van der Waals surface area contributed by atoms with Gasteiger partial charge in [-0.1, -0.05) is 12.1 Å². The molecule has 0 radical (unpaired) electrons. The number of hydrogen-bond donors (Lipinski definition) is 1. The summed E-state index contributed by atoms with van der Waals surface area (Å²) in [7, 11) is 1.64. The predicted octanol–water partition coefficient (Wildman–Crippen LogP) is 4.26. The van der Waals surface area contributed by atoms with Crippen molar-refractivity contribution in [2.45, 2.75) is 20.4 Å². The number of nitrogens with one attached hydrogen (secondary N) is 1. The molecular formula is C24H22N4O3. The lowest BCUT2D eigenvalue weighted by Gasteiger charge is -2.08. The minimum atomic E-state index is -0.225. The van der Waals surface area contributed by atoms with Crippen molar-refractivity contribution in [3.63, 3.8) is 0 Å². The van der Waals surface area contributed by atoms with Crippen LogP contribution in [0.3, 0.4) is 0 Å². The zero-order valence-electron chi connectivity index (χ0n) is 17.5. The Hall–Kier alpha value is -4.00. The van der Waals surface area contributed by atoms with Crippen molar-refractivity contribution in [2.24, 2.45) is 0 Å². The van der Waals surface area contributed by atoms with Gasteiger partial charge in [0.25, 0.3) is 0 Å². The molecule has 1 N–H and O–H groups in total. The Labute approximate surface area is 179 Å². The van der Waals surface area contributed by atoms with Gasteiger partial charge in [-0.3, -0.25) is 9.59 Å². The van der Waals surface area contributed by atoms with Crippen LogP contribution in [0.5, 0.6) is 5.75 Å². The summed E-state index contributed by atoms with van der Waals surface area (Å²) >= 11 is 0. The van der Waals surface area contributed by atoms with E-state index in [1.807, 2.05) is 37.3 Å². The third kappa shape index (κ3) is 4.16. The number of amides is 1. The minimum absolute atomic E-state index is 0.0184. The van der Waals surface area contributed by atoms with E-state index in [-0.39, 0.29) is 18.2 Å². The summed E-state index contributed by atoms with van der Waals surface area (Å²) in [6.07, 6.45) is 1.72. The van der Waals surface area contributed by atoms with Crippen LogP contribution in [0.1, 0.15) is 23.0 Å². The number of anilines is 1. The van der Waals surface area contributed by atoms with Crippen molar-refractivity contribution in [3.8, 4) is 16.9 Å². The van der Waals surface area contributed by atoms with Gasteiger partial charge in [0.1, 0.15) is 12.3 Å². The van der Waals surface area contributed by atoms with Crippen LogP contribution in [0.2, 0.25) is 0 Å². The molecule has 0 aliphatic carbocycles. The maximum atomic E-state index is 12.6. The Morgan fingerprint density at radius 1 is 1.03 bits per heavy atom. The Balaban J connectivity index is 1.59. The van der Waals surface area contributed by atoms with Gasteiger partial charge in [-0.05, 0) is 67.4 Å². The van der Waals surface area contributed by atoms with Gasteiger partial charge >= 0.3 is 0 Å². The van der Waals surface area contributed by atoms with Crippen LogP contribution >= 0.6 is 0 Å². The van der Waals surface area contributed by atoms with Crippen molar-refractivity contribution in [3.05, 3.63) is 72.1 Å². The number of pyridine rings is 1. The maximum absolute atomic E-state index is 12.6. The van der Waals surface area contributed by atoms with E-state index >= 15 is 0 Å². The van der Waals surface area contributed by atoms with Gasteiger partial charge in [-0.2, -0.15) is 5.10 Å². The lowest BCUT2D eigenvalue weighted by Crippen LogP contribution is -2.19. The number of ether oxygens (including phenoxy) is 1. The van der Waals surface area contributed by atoms with Crippen molar-refractivity contribution in [2.75, 3.05) is 12.4 Å². The summed E-state index contributed by atoms with van der Waals surface area (Å²) in [4.78, 5) is 28.5. The molecule has 0 spiro atoms. The van der Waals surface area contributed by atoms with Crippen molar-refractivity contribution >= 4 is 28.4 Å². The molecule has 7 heteroatoms. The first-order valence-electron chi connectivity index (χ1n) is 9.83. The standard InChI is InChI=1S/C24H22N4O3/c1-15-23-21(18-6-10-20(31-3)11-7-18)12-13-25-24(23)28(27-15)14-22(30)26-19-8-4-17(5-9-19)16(2)29/h4-13H,14H2,1-3H3,(H,26,30). The average Bonchev–Trinajstić information content (AvgIpc) is 3.09. The number of hydrogen-bond acceptors (Lipinski definition) is 5. The highest BCUT2D eigenvalue weighted by molar-refractivity contribution is 5.97. The second kappa shape index (κ2) is 8.39. The smallest absolute Gasteiger partial charge is 0.246 e. The first-order chi connectivity index (χ1) is 15.0. The summed E-state index contributed by atoms with van der Waals surface area (Å²) in [5, 5.41) is 8.30. The van der Waals surface area contributed by atoms with Gasteiger partial charge in [-0.15, -0.1) is 0 Å². The highest BCUT2D eigenvalue weighted by Crippen LogP contribution is 2.30. The second-order valence-electron chi connectivity index (χ2n) is 7.21. The molecule has 0 saturated carbocycles. The largest absolute Gasteiger partial charge is 0.497 e. The number of methoxy groups -OCH3 is 1. The fraction of sp³-hybridized carbons (Fsp3) is 0.167. The van der Waals surface area contributed by atoms with Crippen molar-refractivity contribution in [1.82, 2.24) is 14.8 Å². The van der Waals surface area contributed by atoms with Crippen LogP contribution in [0.25, 0.3) is 22.2 Å². The molecular weight excluding hydrogens is 392 g/mol. The Bertz CT molecular complexity index is 1260. The zero-order chi connectivity index (χ0) is 22.0. The average molecular weight is 414 g/mol. The zero-order valence-corrected chi connectivity index (χ0v) is 17.5. The van der Waals surface area contributed by atoms with E-state index in [4.69, 9.17) is 4.74 Å². The monoisotopic (exact) mass is 414 g/mol. The molecule has 7 nitrogen and oxygen atoms in total. The molecule has 0 aliphatic heterocycles. The maximum Gasteiger partial charge on any atom is 0.246 e. The third-order valence-electron chi connectivity index (χ3n) is 5.08. The highest BCUT2D eigenvalue weighted by Gasteiger charge is 2.16. The van der Waals surface area contributed by atoms with E-state index in [2.05, 4.69) is 15.4 Å². The number of ketones is 1. The number of aryl methyl sites for hydroxylation is 1. The number of rotatable bonds is 6. The molecule has 2 aromatic heterocycles. The van der Waals surface area contributed by atoms with Crippen LogP contribution in [-0.4, -0.2) is 33.6 Å². The number of nitrogens with zero attached hydrogens (tertiary/aromatic N) is 3. The van der Waals surface area contributed by atoms with Crippen LogP contribution in [0, 0.1) is 6.92 Å². The molecule has 0 atom stereocenters. The summed E-state index contributed by atoms with van der Waals surface area (Å²) in [5.74, 6) is 0.543. The van der Waals surface area contributed by atoms with E-state index < -0.39 is 0 Å². The summed E-state index contributed by atoms with van der Waals surface area (Å²) in [6.45, 7) is 3.44. The van der Waals surface area contributed by atoms with E-state index in [0.29, 0.717) is 16.9 Å². The minimum Gasteiger partial charge on any atom is -0.497 e. The quantitative estimate of drug-likeness (QED) is 0.477. The van der Waals surface area contributed by atoms with Crippen molar-refractivity contribution in [1.29, 1.82) is 0 Å².